The van der Waals surface area contributed by atoms with E-state index in [1.54, 1.807) is 11.0 Å². The summed E-state index contributed by atoms with van der Waals surface area (Å²) >= 11 is 0. The predicted molar refractivity (Wildman–Crippen MR) is 186 cm³/mol. The monoisotopic (exact) mass is 645 g/mol. The molecule has 0 aromatic heterocycles. The van der Waals surface area contributed by atoms with Crippen molar-refractivity contribution in [2.75, 3.05) is 26.7 Å². The van der Waals surface area contributed by atoms with Crippen LogP contribution >= 0.6 is 0 Å². The van der Waals surface area contributed by atoms with Gasteiger partial charge in [-0.3, -0.25) is 14.4 Å². The van der Waals surface area contributed by atoms with Crippen LogP contribution in [0.25, 0.3) is 0 Å². The number of carbonyl (C=O) groups excluding carboxylic acids is 3. The van der Waals surface area contributed by atoms with E-state index in [1.165, 1.54) is 18.4 Å². The zero-order chi connectivity index (χ0) is 34.3. The molecule has 2 aliphatic heterocycles. The summed E-state index contributed by atoms with van der Waals surface area (Å²) < 4.78 is 0. The number of likely N-dealkylation sites (tertiary alicyclic amines) is 2. The van der Waals surface area contributed by atoms with Gasteiger partial charge in [0.15, 0.2) is 5.76 Å². The summed E-state index contributed by atoms with van der Waals surface area (Å²) in [4.78, 5) is 43.7. The summed E-state index contributed by atoms with van der Waals surface area (Å²) in [6, 6.07) is 0.535. The van der Waals surface area contributed by atoms with Crippen molar-refractivity contribution >= 4 is 17.6 Å². The topological polar surface area (TPSA) is 89.9 Å². The van der Waals surface area contributed by atoms with Crippen molar-refractivity contribution in [3.05, 3.63) is 46.3 Å². The lowest BCUT2D eigenvalue weighted by Gasteiger charge is -2.70. The van der Waals surface area contributed by atoms with Crippen molar-refractivity contribution in [1.29, 1.82) is 0 Å². The van der Waals surface area contributed by atoms with E-state index >= 15 is 0 Å². The summed E-state index contributed by atoms with van der Waals surface area (Å²) in [6.45, 7) is 20.2. The van der Waals surface area contributed by atoms with E-state index in [-0.39, 0.29) is 39.1 Å². The Balaban J connectivity index is 0.00000190. The third-order valence-corrected chi connectivity index (χ3v) is 14.8. The fourth-order valence-electron chi connectivity index (χ4n) is 11.5. The van der Waals surface area contributed by atoms with Crippen LogP contribution in [0.2, 0.25) is 0 Å². The minimum atomic E-state index is -0.437. The summed E-state index contributed by atoms with van der Waals surface area (Å²) in [5.41, 5.74) is 3.55. The maximum absolute atomic E-state index is 13.5. The molecule has 3 saturated carbocycles. The lowest BCUT2D eigenvalue weighted by Crippen LogP contribution is -2.65. The summed E-state index contributed by atoms with van der Waals surface area (Å²) in [7, 11) is 2.17. The number of nitrogens with one attached hydrogen (secondary N) is 1. The summed E-state index contributed by atoms with van der Waals surface area (Å²) in [5, 5.41) is 13.7. The summed E-state index contributed by atoms with van der Waals surface area (Å²) in [6.07, 6.45) is 15.5. The van der Waals surface area contributed by atoms with E-state index in [9.17, 15) is 19.5 Å². The van der Waals surface area contributed by atoms with Gasteiger partial charge in [0.25, 0.3) is 0 Å². The Bertz CT molecular complexity index is 1500. The molecule has 258 valence electrons. The number of aliphatic hydroxyl groups is 1. The molecule has 7 heteroatoms. The molecule has 47 heavy (non-hydrogen) atoms. The molecule has 0 spiro atoms. The Hall–Kier alpha value is -2.67. The molecule has 2 saturated heterocycles. The number of allylic oxidation sites excluding steroid dienone is 7. The van der Waals surface area contributed by atoms with Gasteiger partial charge in [-0.05, 0) is 125 Å². The maximum atomic E-state index is 13.5. The largest absolute Gasteiger partial charge is 0.504 e. The molecule has 0 bridgehead atoms. The molecule has 0 aromatic rings. The molecule has 0 aromatic carbocycles. The van der Waals surface area contributed by atoms with Gasteiger partial charge in [-0.1, -0.05) is 59.3 Å². The van der Waals surface area contributed by atoms with Crippen LogP contribution in [0.3, 0.4) is 0 Å². The molecule has 2 amide bonds. The second kappa shape index (κ2) is 11.5. The minimum absolute atomic E-state index is 0.00261. The molecule has 7 nitrogen and oxygen atoms in total. The fourth-order valence-corrected chi connectivity index (χ4v) is 11.5. The number of hydrogen-bond donors (Lipinski definition) is 2. The molecule has 0 radical (unpaired) electrons. The third kappa shape index (κ3) is 4.95. The maximum Gasteiger partial charge on any atom is 0.311 e. The van der Waals surface area contributed by atoms with Crippen LogP contribution in [0, 0.1) is 33.5 Å². The van der Waals surface area contributed by atoms with Crippen LogP contribution in [-0.2, 0) is 14.4 Å². The number of rotatable bonds is 2. The Morgan fingerprint density at radius 2 is 1.64 bits per heavy atom. The van der Waals surface area contributed by atoms with Gasteiger partial charge in [0.1, 0.15) is 0 Å². The van der Waals surface area contributed by atoms with E-state index in [2.05, 4.69) is 64.0 Å². The number of aliphatic hydroxyl groups excluding tert-OH is 1. The second-order valence-corrected chi connectivity index (χ2v) is 17.2. The molecule has 5 aliphatic carbocycles. The van der Waals surface area contributed by atoms with E-state index in [0.29, 0.717) is 36.5 Å². The average molecular weight is 646 g/mol. The SMILES string of the molecule is CC.CC1=C(O)C(=O)C=C2C1=CC=C1C2(C)CC[C@@]2(C)C3CC(C)(NC(=O)C(=O)N4CC(C5CCCN5C)C4)CCC3(C)CCC12C. The third-order valence-electron chi connectivity index (χ3n) is 14.8. The number of ketones is 1. The normalized spacial score (nSPS) is 41.5. The molecule has 7 rings (SSSR count). The quantitative estimate of drug-likeness (QED) is 0.314. The average Bonchev–Trinajstić information content (AvgIpc) is 3.43. The van der Waals surface area contributed by atoms with Crippen LogP contribution in [0.4, 0.5) is 0 Å². The Kier molecular flexibility index (Phi) is 8.34. The van der Waals surface area contributed by atoms with E-state index < -0.39 is 11.4 Å². The molecule has 7 atom stereocenters. The zero-order valence-corrected chi connectivity index (χ0v) is 30.5. The van der Waals surface area contributed by atoms with Crippen LogP contribution in [0.1, 0.15) is 113 Å². The highest BCUT2D eigenvalue weighted by Gasteiger charge is 2.67. The first kappa shape index (κ1) is 34.2. The first-order valence-corrected chi connectivity index (χ1v) is 18.5. The van der Waals surface area contributed by atoms with Gasteiger partial charge in [-0.2, -0.15) is 0 Å². The highest BCUT2D eigenvalue weighted by Crippen LogP contribution is 2.75. The molecule has 7 aliphatic rings. The molecule has 2 N–H and O–H groups in total. The lowest BCUT2D eigenvalue weighted by atomic mass is 9.35. The number of fused-ring (bicyclic) bond motifs is 7. The molecular formula is C40H59N3O4. The van der Waals surface area contributed by atoms with Crippen LogP contribution in [0.15, 0.2) is 46.3 Å². The molecular weight excluding hydrogens is 586 g/mol. The van der Waals surface area contributed by atoms with Gasteiger partial charge in [-0.25, -0.2) is 0 Å². The number of nitrogens with zero attached hydrogens (tertiary/aromatic N) is 2. The first-order chi connectivity index (χ1) is 22.1. The van der Waals surface area contributed by atoms with Gasteiger partial charge in [-0.15, -0.1) is 0 Å². The van der Waals surface area contributed by atoms with Crippen molar-refractivity contribution in [2.24, 2.45) is 33.5 Å². The Morgan fingerprint density at radius 3 is 2.30 bits per heavy atom. The standard InChI is InChI=1S/C38H53N3O4.C2H6/c1-23-25-10-11-29-36(4,26(25)19-28(42)31(23)43)15-17-38(6)30-20-35(3,14-12-34(30,2)13-16-37(29,38)5)39-32(44)33(45)41-21-24(22-41)27-9-8-18-40(27)7;1-2/h10-11,19,24,27,30,43H,8-9,12-18,20-22H2,1-7H3,(H,39,44);1-2H3/t27?,30?,34?,35?,36?,37?,38-;/m0./s1. The number of carbonyl (C=O) groups is 3. The van der Waals surface area contributed by atoms with Crippen LogP contribution < -0.4 is 5.32 Å². The zero-order valence-electron chi connectivity index (χ0n) is 30.5. The minimum Gasteiger partial charge on any atom is -0.504 e. The highest BCUT2D eigenvalue weighted by molar-refractivity contribution is 6.35. The molecule has 2 heterocycles. The van der Waals surface area contributed by atoms with Crippen molar-refractivity contribution < 1.29 is 19.5 Å². The number of amides is 2. The van der Waals surface area contributed by atoms with Crippen LogP contribution in [0.5, 0.6) is 0 Å². The fraction of sp³-hybridized carbons (Fsp3) is 0.725. The Labute approximate surface area is 283 Å². The second-order valence-electron chi connectivity index (χ2n) is 17.2. The van der Waals surface area contributed by atoms with E-state index in [1.807, 2.05) is 20.8 Å². The van der Waals surface area contributed by atoms with Crippen molar-refractivity contribution in [2.45, 2.75) is 125 Å². The van der Waals surface area contributed by atoms with Crippen molar-refractivity contribution in [3.63, 3.8) is 0 Å². The Morgan fingerprint density at radius 1 is 0.957 bits per heavy atom. The smallest absolute Gasteiger partial charge is 0.311 e. The molecule has 6 unspecified atom stereocenters. The predicted octanol–water partition coefficient (Wildman–Crippen LogP) is 7.06. The lowest BCUT2D eigenvalue weighted by molar-refractivity contribution is -0.161. The van der Waals surface area contributed by atoms with Gasteiger partial charge in [0, 0.05) is 41.6 Å². The van der Waals surface area contributed by atoms with Gasteiger partial charge >= 0.3 is 11.8 Å². The number of hydrogen-bond acceptors (Lipinski definition) is 5. The molecule has 5 fully saturated rings. The van der Waals surface area contributed by atoms with E-state index in [0.717, 1.165) is 62.6 Å². The highest BCUT2D eigenvalue weighted by atomic mass is 16.3. The van der Waals surface area contributed by atoms with E-state index in [4.69, 9.17) is 0 Å². The van der Waals surface area contributed by atoms with Gasteiger partial charge < -0.3 is 20.2 Å². The first-order valence-electron chi connectivity index (χ1n) is 18.5. The van der Waals surface area contributed by atoms with Gasteiger partial charge in [0.05, 0.1) is 0 Å². The van der Waals surface area contributed by atoms with Crippen LogP contribution in [-0.4, -0.2) is 70.8 Å². The van der Waals surface area contributed by atoms with Crippen molar-refractivity contribution in [1.82, 2.24) is 15.1 Å². The summed E-state index contributed by atoms with van der Waals surface area (Å²) in [5.74, 6) is -0.367. The van der Waals surface area contributed by atoms with Gasteiger partial charge in [0.2, 0.25) is 5.78 Å². The van der Waals surface area contributed by atoms with Crippen molar-refractivity contribution in [3.8, 4) is 0 Å².